The fourth-order valence-electron chi connectivity index (χ4n) is 2.13. The lowest BCUT2D eigenvalue weighted by atomic mass is 10.1. The third-order valence-electron chi connectivity index (χ3n) is 2.96. The van der Waals surface area contributed by atoms with Crippen LogP contribution in [0.3, 0.4) is 0 Å². The van der Waals surface area contributed by atoms with Gasteiger partial charge in [0.15, 0.2) is 0 Å². The highest BCUT2D eigenvalue weighted by Gasteiger charge is 2.43. The first kappa shape index (κ1) is 12.7. The fourth-order valence-corrected chi connectivity index (χ4v) is 2.13. The van der Waals surface area contributed by atoms with Crippen molar-refractivity contribution in [1.82, 2.24) is 0 Å². The van der Waals surface area contributed by atoms with Crippen LogP contribution < -0.4 is 4.90 Å². The number of hydrogen-bond acceptors (Lipinski definition) is 2. The number of aromatic hydroxyl groups is 1. The molecular formula is C12H12F3NO2. The molecule has 0 bridgehead atoms. The van der Waals surface area contributed by atoms with Crippen molar-refractivity contribution in [1.29, 1.82) is 0 Å². The summed E-state index contributed by atoms with van der Waals surface area (Å²) in [6, 6.07) is 4.29. The third-order valence-corrected chi connectivity index (χ3v) is 2.96. The maximum absolute atomic E-state index is 12.5. The van der Waals surface area contributed by atoms with Crippen LogP contribution in [0, 0.1) is 0 Å². The molecule has 0 saturated heterocycles. The van der Waals surface area contributed by atoms with E-state index >= 15 is 0 Å². The highest BCUT2D eigenvalue weighted by Crippen LogP contribution is 2.34. The van der Waals surface area contributed by atoms with Crippen molar-refractivity contribution in [2.45, 2.75) is 25.4 Å². The van der Waals surface area contributed by atoms with Gasteiger partial charge in [0.25, 0.3) is 0 Å². The molecule has 1 N–H and O–H groups in total. The quantitative estimate of drug-likeness (QED) is 0.778. The van der Waals surface area contributed by atoms with Crippen LogP contribution in [-0.4, -0.2) is 23.7 Å². The predicted octanol–water partition coefficient (Wildman–Crippen LogP) is 2.62. The van der Waals surface area contributed by atoms with E-state index in [1.807, 2.05) is 0 Å². The molecule has 1 aliphatic heterocycles. The highest BCUT2D eigenvalue weighted by molar-refractivity contribution is 5.98. The number of amides is 1. The molecule has 1 aromatic carbocycles. The monoisotopic (exact) mass is 259 g/mol. The molecule has 0 fully saturated rings. The van der Waals surface area contributed by atoms with Crippen molar-refractivity contribution < 1.29 is 23.1 Å². The molecule has 0 saturated carbocycles. The Bertz CT molecular complexity index is 471. The van der Waals surface area contributed by atoms with E-state index in [2.05, 4.69) is 0 Å². The summed E-state index contributed by atoms with van der Waals surface area (Å²) in [7, 11) is 0. The van der Waals surface area contributed by atoms with Gasteiger partial charge in [0, 0.05) is 12.1 Å². The minimum atomic E-state index is -4.90. The SMILES string of the molecule is O=C(N1CCCCc2c(O)cccc21)C(F)(F)F. The molecule has 3 nitrogen and oxygen atoms in total. The number of phenolic OH excluding ortho intramolecular Hbond substituents is 1. The zero-order valence-electron chi connectivity index (χ0n) is 9.50. The Kier molecular flexibility index (Phi) is 3.19. The number of nitrogens with zero attached hydrogens (tertiary/aromatic N) is 1. The average molecular weight is 259 g/mol. The number of fused-ring (bicyclic) bond motifs is 1. The fraction of sp³-hybridized carbons (Fsp3) is 0.417. The summed E-state index contributed by atoms with van der Waals surface area (Å²) in [6.07, 6.45) is -3.29. The van der Waals surface area contributed by atoms with E-state index in [1.165, 1.54) is 18.2 Å². The van der Waals surface area contributed by atoms with E-state index < -0.39 is 12.1 Å². The molecule has 1 aromatic rings. The van der Waals surface area contributed by atoms with Crippen molar-refractivity contribution in [3.05, 3.63) is 23.8 Å². The number of rotatable bonds is 0. The molecule has 1 heterocycles. The third kappa shape index (κ3) is 2.27. The molecule has 0 aromatic heterocycles. The molecule has 18 heavy (non-hydrogen) atoms. The van der Waals surface area contributed by atoms with E-state index in [-0.39, 0.29) is 18.0 Å². The Labute approximate surface area is 102 Å². The lowest BCUT2D eigenvalue weighted by Gasteiger charge is -2.24. The van der Waals surface area contributed by atoms with Crippen LogP contribution in [0.4, 0.5) is 18.9 Å². The van der Waals surface area contributed by atoms with Gasteiger partial charge < -0.3 is 10.0 Å². The van der Waals surface area contributed by atoms with Gasteiger partial charge in [-0.1, -0.05) is 6.07 Å². The van der Waals surface area contributed by atoms with Crippen LogP contribution in [0.15, 0.2) is 18.2 Å². The Morgan fingerprint density at radius 2 is 2.00 bits per heavy atom. The van der Waals surface area contributed by atoms with E-state index in [0.29, 0.717) is 29.7 Å². The molecule has 0 aliphatic carbocycles. The van der Waals surface area contributed by atoms with Gasteiger partial charge in [-0.15, -0.1) is 0 Å². The van der Waals surface area contributed by atoms with Crippen molar-refractivity contribution in [2.24, 2.45) is 0 Å². The molecule has 2 rings (SSSR count). The van der Waals surface area contributed by atoms with Crippen LogP contribution in [-0.2, 0) is 11.2 Å². The first-order valence-electron chi connectivity index (χ1n) is 5.61. The van der Waals surface area contributed by atoms with Gasteiger partial charge in [-0.05, 0) is 31.4 Å². The first-order chi connectivity index (χ1) is 8.41. The normalized spacial score (nSPS) is 16.1. The summed E-state index contributed by atoms with van der Waals surface area (Å²) in [5.74, 6) is -1.94. The van der Waals surface area contributed by atoms with Crippen molar-refractivity contribution in [3.8, 4) is 5.75 Å². The van der Waals surface area contributed by atoms with Crippen LogP contribution in [0.25, 0.3) is 0 Å². The van der Waals surface area contributed by atoms with Gasteiger partial charge in [0.2, 0.25) is 0 Å². The van der Waals surface area contributed by atoms with Crippen LogP contribution >= 0.6 is 0 Å². The number of alkyl halides is 3. The van der Waals surface area contributed by atoms with Gasteiger partial charge in [-0.2, -0.15) is 13.2 Å². The van der Waals surface area contributed by atoms with E-state index in [1.54, 1.807) is 0 Å². The van der Waals surface area contributed by atoms with E-state index in [4.69, 9.17) is 0 Å². The molecule has 0 radical (unpaired) electrons. The Balaban J connectivity index is 2.45. The maximum Gasteiger partial charge on any atom is 0.471 e. The van der Waals surface area contributed by atoms with Crippen LogP contribution in [0.2, 0.25) is 0 Å². The summed E-state index contributed by atoms with van der Waals surface area (Å²) in [5, 5.41) is 9.66. The van der Waals surface area contributed by atoms with Gasteiger partial charge in [0.05, 0.1) is 5.69 Å². The minimum Gasteiger partial charge on any atom is -0.508 e. The molecule has 0 unspecified atom stereocenters. The van der Waals surface area contributed by atoms with Gasteiger partial charge in [0.1, 0.15) is 5.75 Å². The largest absolute Gasteiger partial charge is 0.508 e. The Morgan fingerprint density at radius 1 is 1.28 bits per heavy atom. The zero-order chi connectivity index (χ0) is 13.3. The van der Waals surface area contributed by atoms with Gasteiger partial charge in [-0.25, -0.2) is 0 Å². The number of hydrogen-bond donors (Lipinski definition) is 1. The van der Waals surface area contributed by atoms with E-state index in [9.17, 15) is 23.1 Å². The number of benzene rings is 1. The van der Waals surface area contributed by atoms with Crippen molar-refractivity contribution in [2.75, 3.05) is 11.4 Å². The second kappa shape index (κ2) is 4.51. The predicted molar refractivity (Wildman–Crippen MR) is 59.5 cm³/mol. The Hall–Kier alpha value is -1.72. The number of halogens is 3. The second-order valence-electron chi connectivity index (χ2n) is 4.19. The molecule has 1 amide bonds. The lowest BCUT2D eigenvalue weighted by Crippen LogP contribution is -2.41. The van der Waals surface area contributed by atoms with Gasteiger partial charge in [-0.3, -0.25) is 4.79 Å². The average Bonchev–Trinajstić information content (AvgIpc) is 2.50. The number of carbonyl (C=O) groups excluding carboxylic acids is 1. The molecular weight excluding hydrogens is 247 g/mol. The second-order valence-corrected chi connectivity index (χ2v) is 4.19. The molecule has 1 aliphatic rings. The Morgan fingerprint density at radius 3 is 2.67 bits per heavy atom. The molecule has 98 valence electrons. The minimum absolute atomic E-state index is 0.0226. The first-order valence-corrected chi connectivity index (χ1v) is 5.61. The summed E-state index contributed by atoms with van der Waals surface area (Å²) in [4.78, 5) is 12.1. The number of phenols is 1. The summed E-state index contributed by atoms with van der Waals surface area (Å²) < 4.78 is 37.5. The lowest BCUT2D eigenvalue weighted by molar-refractivity contribution is -0.170. The summed E-state index contributed by atoms with van der Waals surface area (Å²) in [5.41, 5.74) is 0.572. The molecule has 6 heteroatoms. The van der Waals surface area contributed by atoms with Crippen LogP contribution in [0.1, 0.15) is 18.4 Å². The topological polar surface area (TPSA) is 40.5 Å². The van der Waals surface area contributed by atoms with E-state index in [0.717, 1.165) is 0 Å². The summed E-state index contributed by atoms with van der Waals surface area (Å²) in [6.45, 7) is 0.0226. The van der Waals surface area contributed by atoms with Crippen LogP contribution in [0.5, 0.6) is 5.75 Å². The standard InChI is InChI=1S/C12H12F3NO2/c13-12(14,15)11(18)16-7-2-1-4-8-9(16)5-3-6-10(8)17/h3,5-6,17H,1-2,4,7H2. The number of anilines is 1. The zero-order valence-corrected chi connectivity index (χ0v) is 9.50. The highest BCUT2D eigenvalue weighted by atomic mass is 19.4. The van der Waals surface area contributed by atoms with Gasteiger partial charge >= 0.3 is 12.1 Å². The van der Waals surface area contributed by atoms with Crippen molar-refractivity contribution >= 4 is 11.6 Å². The number of carbonyl (C=O) groups is 1. The summed E-state index contributed by atoms with van der Waals surface area (Å²) >= 11 is 0. The van der Waals surface area contributed by atoms with Crippen molar-refractivity contribution in [3.63, 3.8) is 0 Å². The molecule has 0 spiro atoms. The maximum atomic E-state index is 12.5. The molecule has 0 atom stereocenters. The smallest absolute Gasteiger partial charge is 0.471 e.